The van der Waals surface area contributed by atoms with E-state index < -0.39 is 30.1 Å². The van der Waals surface area contributed by atoms with Crippen molar-refractivity contribution >= 4 is 5.97 Å². The van der Waals surface area contributed by atoms with Gasteiger partial charge in [0.1, 0.15) is 5.75 Å². The predicted octanol–water partition coefficient (Wildman–Crippen LogP) is 2.73. The average molecular weight is 278 g/mol. The van der Waals surface area contributed by atoms with E-state index in [1.54, 1.807) is 0 Å². The third kappa shape index (κ3) is 5.17. The van der Waals surface area contributed by atoms with Crippen LogP contribution in [0.5, 0.6) is 5.75 Å². The summed E-state index contributed by atoms with van der Waals surface area (Å²) in [5.74, 6) is -2.17. The zero-order valence-corrected chi connectivity index (χ0v) is 10.0. The van der Waals surface area contributed by atoms with Crippen LogP contribution in [0.25, 0.3) is 0 Å². The number of rotatable bonds is 5. The fourth-order valence-electron chi connectivity index (χ4n) is 1.61. The molecule has 1 aromatic carbocycles. The van der Waals surface area contributed by atoms with Crippen LogP contribution in [0.1, 0.15) is 25.0 Å². The van der Waals surface area contributed by atoms with E-state index in [4.69, 9.17) is 5.11 Å². The van der Waals surface area contributed by atoms with Gasteiger partial charge in [0.25, 0.3) is 0 Å². The summed E-state index contributed by atoms with van der Waals surface area (Å²) in [6.45, 7) is 1.50. The van der Waals surface area contributed by atoms with Crippen LogP contribution in [-0.2, 0) is 4.79 Å². The highest BCUT2D eigenvalue weighted by Gasteiger charge is 2.31. The molecule has 4 nitrogen and oxygen atoms in total. The zero-order valence-electron chi connectivity index (χ0n) is 10.0. The predicted molar refractivity (Wildman–Crippen MR) is 59.5 cm³/mol. The second kappa shape index (κ2) is 5.92. The Morgan fingerprint density at radius 2 is 2.05 bits per heavy atom. The van der Waals surface area contributed by atoms with Gasteiger partial charge in [-0.1, -0.05) is 19.1 Å². The number of halogens is 3. The first-order valence-electron chi connectivity index (χ1n) is 5.44. The number of carbonyl (C=O) groups is 1. The van der Waals surface area contributed by atoms with Gasteiger partial charge in [-0.25, -0.2) is 0 Å². The summed E-state index contributed by atoms with van der Waals surface area (Å²) in [5.41, 5.74) is 0.176. The lowest BCUT2D eigenvalue weighted by molar-refractivity contribution is -0.274. The minimum atomic E-state index is -4.81. The highest BCUT2D eigenvalue weighted by molar-refractivity contribution is 5.67. The lowest BCUT2D eigenvalue weighted by atomic mass is 9.94. The second-order valence-corrected chi connectivity index (χ2v) is 4.14. The van der Waals surface area contributed by atoms with Gasteiger partial charge in [0.2, 0.25) is 0 Å². The summed E-state index contributed by atoms with van der Waals surface area (Å²) in [7, 11) is 0. The molecule has 0 fully saturated rings. The van der Waals surface area contributed by atoms with Crippen LogP contribution in [0.2, 0.25) is 0 Å². The Morgan fingerprint density at radius 3 is 2.58 bits per heavy atom. The number of hydrogen-bond donors (Lipinski definition) is 2. The Bertz CT molecular complexity index is 445. The molecular formula is C12H13F3O4. The van der Waals surface area contributed by atoms with Crippen molar-refractivity contribution in [1.82, 2.24) is 0 Å². The van der Waals surface area contributed by atoms with E-state index in [2.05, 4.69) is 4.74 Å². The molecule has 0 aliphatic carbocycles. The molecule has 0 aromatic heterocycles. The summed E-state index contributed by atoms with van der Waals surface area (Å²) >= 11 is 0. The highest BCUT2D eigenvalue weighted by Crippen LogP contribution is 2.29. The number of aliphatic carboxylic acids is 1. The number of aliphatic hydroxyl groups is 1. The summed E-state index contributed by atoms with van der Waals surface area (Å²) in [4.78, 5) is 10.5. The molecule has 0 aliphatic rings. The fraction of sp³-hybridized carbons (Fsp3) is 0.417. The summed E-state index contributed by atoms with van der Waals surface area (Å²) < 4.78 is 39.9. The van der Waals surface area contributed by atoms with E-state index >= 15 is 0 Å². The van der Waals surface area contributed by atoms with Crippen molar-refractivity contribution < 1.29 is 32.9 Å². The number of carboxylic acid groups (broad SMARTS) is 1. The van der Waals surface area contributed by atoms with E-state index in [9.17, 15) is 23.1 Å². The number of benzene rings is 1. The van der Waals surface area contributed by atoms with Gasteiger partial charge >= 0.3 is 12.3 Å². The molecule has 2 N–H and O–H groups in total. The summed E-state index contributed by atoms with van der Waals surface area (Å²) in [5, 5.41) is 18.5. The van der Waals surface area contributed by atoms with Crippen molar-refractivity contribution in [2.45, 2.75) is 25.8 Å². The van der Waals surface area contributed by atoms with Crippen molar-refractivity contribution in [3.05, 3.63) is 29.8 Å². The summed E-state index contributed by atoms with van der Waals surface area (Å²) in [6, 6.07) is 4.85. The van der Waals surface area contributed by atoms with Crippen molar-refractivity contribution in [1.29, 1.82) is 0 Å². The third-order valence-corrected chi connectivity index (χ3v) is 2.47. The topological polar surface area (TPSA) is 66.8 Å². The number of ether oxygens (including phenoxy) is 1. The lowest BCUT2D eigenvalue weighted by Gasteiger charge is -2.18. The number of hydrogen-bond acceptors (Lipinski definition) is 3. The quantitative estimate of drug-likeness (QED) is 0.869. The lowest BCUT2D eigenvalue weighted by Crippen LogP contribution is -2.18. The van der Waals surface area contributed by atoms with Gasteiger partial charge in [0, 0.05) is 0 Å². The van der Waals surface area contributed by atoms with E-state index in [1.165, 1.54) is 19.1 Å². The van der Waals surface area contributed by atoms with Gasteiger partial charge < -0.3 is 14.9 Å². The monoisotopic (exact) mass is 278 g/mol. The Morgan fingerprint density at radius 1 is 1.42 bits per heavy atom. The Hall–Kier alpha value is -1.76. The molecule has 7 heteroatoms. The SMILES string of the molecule is CC(CC(=O)O)C(O)c1cccc(OC(F)(F)F)c1. The molecule has 0 spiro atoms. The maximum absolute atomic E-state index is 12.0. The Labute approximate surface area is 107 Å². The second-order valence-electron chi connectivity index (χ2n) is 4.14. The van der Waals surface area contributed by atoms with Gasteiger partial charge in [-0.15, -0.1) is 13.2 Å². The molecule has 1 rings (SSSR count). The van der Waals surface area contributed by atoms with E-state index in [-0.39, 0.29) is 12.0 Å². The number of alkyl halides is 3. The Kier molecular flexibility index (Phi) is 4.77. The molecule has 19 heavy (non-hydrogen) atoms. The minimum absolute atomic E-state index is 0.176. The van der Waals surface area contributed by atoms with Crippen molar-refractivity contribution in [3.8, 4) is 5.75 Å². The van der Waals surface area contributed by atoms with E-state index in [0.717, 1.165) is 12.1 Å². The maximum atomic E-state index is 12.0. The largest absolute Gasteiger partial charge is 0.573 e. The first-order valence-corrected chi connectivity index (χ1v) is 5.44. The molecule has 0 saturated heterocycles. The molecule has 2 unspecified atom stereocenters. The molecule has 106 valence electrons. The molecule has 0 heterocycles. The van der Waals surface area contributed by atoms with Crippen molar-refractivity contribution in [3.63, 3.8) is 0 Å². The number of carboxylic acids is 1. The van der Waals surface area contributed by atoms with Crippen molar-refractivity contribution in [2.24, 2.45) is 5.92 Å². The molecule has 0 radical (unpaired) electrons. The van der Waals surface area contributed by atoms with Gasteiger partial charge in [0.05, 0.1) is 12.5 Å². The van der Waals surface area contributed by atoms with E-state index in [1.807, 2.05) is 0 Å². The molecule has 0 saturated carbocycles. The van der Waals surface area contributed by atoms with Crippen LogP contribution in [0.3, 0.4) is 0 Å². The van der Waals surface area contributed by atoms with Crippen LogP contribution in [0, 0.1) is 5.92 Å². The van der Waals surface area contributed by atoms with Crippen LogP contribution in [0.15, 0.2) is 24.3 Å². The van der Waals surface area contributed by atoms with Gasteiger partial charge in [-0.05, 0) is 23.6 Å². The van der Waals surface area contributed by atoms with E-state index in [0.29, 0.717) is 0 Å². The molecular weight excluding hydrogens is 265 g/mol. The van der Waals surface area contributed by atoms with Crippen LogP contribution in [0.4, 0.5) is 13.2 Å². The van der Waals surface area contributed by atoms with Crippen LogP contribution < -0.4 is 4.74 Å². The molecule has 0 amide bonds. The fourth-order valence-corrected chi connectivity index (χ4v) is 1.61. The number of aliphatic hydroxyl groups excluding tert-OH is 1. The summed E-state index contributed by atoms with van der Waals surface area (Å²) in [6.07, 6.45) is -6.27. The molecule has 0 aliphatic heterocycles. The molecule has 2 atom stereocenters. The van der Waals surface area contributed by atoms with Crippen LogP contribution in [-0.4, -0.2) is 22.5 Å². The first kappa shape index (κ1) is 15.3. The Balaban J connectivity index is 2.83. The van der Waals surface area contributed by atoms with Crippen molar-refractivity contribution in [2.75, 3.05) is 0 Å². The van der Waals surface area contributed by atoms with Crippen LogP contribution >= 0.6 is 0 Å². The molecule has 1 aromatic rings. The van der Waals surface area contributed by atoms with Gasteiger partial charge in [0.15, 0.2) is 0 Å². The smallest absolute Gasteiger partial charge is 0.481 e. The first-order chi connectivity index (χ1) is 8.69. The highest BCUT2D eigenvalue weighted by atomic mass is 19.4. The average Bonchev–Trinajstić information content (AvgIpc) is 2.25. The molecule has 0 bridgehead atoms. The normalized spacial score (nSPS) is 14.8. The third-order valence-electron chi connectivity index (χ3n) is 2.47. The van der Waals surface area contributed by atoms with Gasteiger partial charge in [-0.2, -0.15) is 0 Å². The maximum Gasteiger partial charge on any atom is 0.573 e. The standard InChI is InChI=1S/C12H13F3O4/c1-7(5-10(16)17)11(18)8-3-2-4-9(6-8)19-12(13,14)15/h2-4,6-7,11,18H,5H2,1H3,(H,16,17). The minimum Gasteiger partial charge on any atom is -0.481 e. The van der Waals surface area contributed by atoms with Gasteiger partial charge in [-0.3, -0.25) is 4.79 Å². The zero-order chi connectivity index (χ0) is 14.6.